The van der Waals surface area contributed by atoms with E-state index in [0.717, 1.165) is 30.2 Å². The molecule has 2 rings (SSSR count). The first-order valence-corrected chi connectivity index (χ1v) is 6.65. The SMILES string of the molecule is OC(CN1CCSCC1)c1ccc(F)cc1. The van der Waals surface area contributed by atoms with E-state index in [-0.39, 0.29) is 5.82 Å². The van der Waals surface area contributed by atoms with Gasteiger partial charge in [-0.1, -0.05) is 12.1 Å². The number of thioether (sulfide) groups is 1. The molecule has 0 saturated carbocycles. The van der Waals surface area contributed by atoms with Gasteiger partial charge in [-0.05, 0) is 17.7 Å². The molecule has 1 fully saturated rings. The molecule has 0 amide bonds. The molecule has 1 atom stereocenters. The lowest BCUT2D eigenvalue weighted by Crippen LogP contribution is -2.35. The van der Waals surface area contributed by atoms with Gasteiger partial charge >= 0.3 is 0 Å². The van der Waals surface area contributed by atoms with E-state index in [9.17, 15) is 9.50 Å². The van der Waals surface area contributed by atoms with Gasteiger partial charge in [-0.2, -0.15) is 11.8 Å². The largest absolute Gasteiger partial charge is 0.387 e. The zero-order chi connectivity index (χ0) is 11.4. The summed E-state index contributed by atoms with van der Waals surface area (Å²) in [6.45, 7) is 2.71. The van der Waals surface area contributed by atoms with Crippen molar-refractivity contribution in [3.8, 4) is 0 Å². The molecule has 0 aliphatic carbocycles. The van der Waals surface area contributed by atoms with Crippen LogP contribution in [0.1, 0.15) is 11.7 Å². The fourth-order valence-electron chi connectivity index (χ4n) is 1.82. The molecule has 1 aromatic rings. The van der Waals surface area contributed by atoms with Crippen molar-refractivity contribution >= 4 is 11.8 Å². The fraction of sp³-hybridized carbons (Fsp3) is 0.500. The highest BCUT2D eigenvalue weighted by molar-refractivity contribution is 7.99. The summed E-state index contributed by atoms with van der Waals surface area (Å²) < 4.78 is 12.7. The Morgan fingerprint density at radius 1 is 1.25 bits per heavy atom. The Balaban J connectivity index is 1.91. The molecule has 16 heavy (non-hydrogen) atoms. The van der Waals surface area contributed by atoms with E-state index in [2.05, 4.69) is 4.90 Å². The summed E-state index contributed by atoms with van der Waals surface area (Å²) in [4.78, 5) is 2.25. The van der Waals surface area contributed by atoms with Crippen LogP contribution in [0.4, 0.5) is 4.39 Å². The van der Waals surface area contributed by atoms with E-state index in [1.807, 2.05) is 11.8 Å². The van der Waals surface area contributed by atoms with E-state index in [1.165, 1.54) is 12.1 Å². The number of hydrogen-bond donors (Lipinski definition) is 1. The van der Waals surface area contributed by atoms with Gasteiger partial charge < -0.3 is 5.11 Å². The van der Waals surface area contributed by atoms with Gasteiger partial charge in [0.1, 0.15) is 5.82 Å². The number of aliphatic hydroxyl groups is 1. The van der Waals surface area contributed by atoms with Crippen molar-refractivity contribution in [2.75, 3.05) is 31.1 Å². The van der Waals surface area contributed by atoms with Crippen LogP contribution in [0, 0.1) is 5.82 Å². The fourth-order valence-corrected chi connectivity index (χ4v) is 2.80. The van der Waals surface area contributed by atoms with Gasteiger partial charge in [0.2, 0.25) is 0 Å². The lowest BCUT2D eigenvalue weighted by molar-refractivity contribution is 0.119. The van der Waals surface area contributed by atoms with Gasteiger partial charge in [-0.15, -0.1) is 0 Å². The third-order valence-electron chi connectivity index (χ3n) is 2.79. The monoisotopic (exact) mass is 241 g/mol. The molecule has 4 heteroatoms. The van der Waals surface area contributed by atoms with Crippen molar-refractivity contribution in [2.45, 2.75) is 6.10 Å². The Kier molecular flexibility index (Phi) is 4.21. The summed E-state index contributed by atoms with van der Waals surface area (Å²) >= 11 is 1.95. The van der Waals surface area contributed by atoms with Crippen molar-refractivity contribution in [3.05, 3.63) is 35.6 Å². The van der Waals surface area contributed by atoms with Crippen LogP contribution in [-0.4, -0.2) is 41.1 Å². The van der Waals surface area contributed by atoms with Crippen LogP contribution in [0.3, 0.4) is 0 Å². The third-order valence-corrected chi connectivity index (χ3v) is 3.73. The smallest absolute Gasteiger partial charge is 0.123 e. The summed E-state index contributed by atoms with van der Waals surface area (Å²) in [6, 6.07) is 6.09. The number of halogens is 1. The Bertz CT molecular complexity index is 324. The number of benzene rings is 1. The number of rotatable bonds is 3. The molecule has 1 N–H and O–H groups in total. The molecule has 1 unspecified atom stereocenters. The lowest BCUT2D eigenvalue weighted by Gasteiger charge is -2.28. The number of hydrogen-bond acceptors (Lipinski definition) is 3. The van der Waals surface area contributed by atoms with Gasteiger partial charge in [-0.3, -0.25) is 4.90 Å². The Hall–Kier alpha value is -0.580. The van der Waals surface area contributed by atoms with Crippen LogP contribution >= 0.6 is 11.8 Å². The Morgan fingerprint density at radius 3 is 2.50 bits per heavy atom. The minimum absolute atomic E-state index is 0.259. The second kappa shape index (κ2) is 5.66. The molecule has 1 aliphatic rings. The summed E-state index contributed by atoms with van der Waals surface area (Å²) in [5.74, 6) is 2.01. The van der Waals surface area contributed by atoms with Gasteiger partial charge in [0.05, 0.1) is 6.10 Å². The average Bonchev–Trinajstić information content (AvgIpc) is 2.31. The molecule has 0 spiro atoms. The van der Waals surface area contributed by atoms with Gasteiger partial charge in [0.15, 0.2) is 0 Å². The van der Waals surface area contributed by atoms with Crippen molar-refractivity contribution < 1.29 is 9.50 Å². The second-order valence-electron chi connectivity index (χ2n) is 3.98. The van der Waals surface area contributed by atoms with Crippen LogP contribution in [-0.2, 0) is 0 Å². The first kappa shape index (κ1) is 11.9. The lowest BCUT2D eigenvalue weighted by atomic mass is 10.1. The average molecular weight is 241 g/mol. The molecule has 2 nitrogen and oxygen atoms in total. The Morgan fingerprint density at radius 2 is 1.88 bits per heavy atom. The summed E-state index contributed by atoms with van der Waals surface area (Å²) in [5, 5.41) is 9.99. The Labute approximate surface area is 99.5 Å². The maximum absolute atomic E-state index is 12.7. The van der Waals surface area contributed by atoms with E-state index >= 15 is 0 Å². The van der Waals surface area contributed by atoms with Crippen molar-refractivity contribution in [1.29, 1.82) is 0 Å². The topological polar surface area (TPSA) is 23.5 Å². The molecule has 1 aromatic carbocycles. The normalized spacial score (nSPS) is 19.6. The molecule has 0 bridgehead atoms. The quantitative estimate of drug-likeness (QED) is 0.874. The highest BCUT2D eigenvalue weighted by Crippen LogP contribution is 2.17. The van der Waals surface area contributed by atoms with Crippen molar-refractivity contribution in [2.24, 2.45) is 0 Å². The minimum atomic E-state index is -0.510. The third kappa shape index (κ3) is 3.20. The highest BCUT2D eigenvalue weighted by Gasteiger charge is 2.15. The van der Waals surface area contributed by atoms with Crippen LogP contribution in [0.25, 0.3) is 0 Å². The molecular weight excluding hydrogens is 225 g/mol. The maximum Gasteiger partial charge on any atom is 0.123 e. The number of β-amino-alcohol motifs (C(OH)–C–C–N with tert-alkyl or cyclic N) is 1. The predicted molar refractivity (Wildman–Crippen MR) is 65.1 cm³/mol. The molecule has 1 aliphatic heterocycles. The van der Waals surface area contributed by atoms with E-state index in [4.69, 9.17) is 0 Å². The van der Waals surface area contributed by atoms with Crippen LogP contribution < -0.4 is 0 Å². The number of aliphatic hydroxyl groups excluding tert-OH is 1. The van der Waals surface area contributed by atoms with Crippen LogP contribution in [0.2, 0.25) is 0 Å². The van der Waals surface area contributed by atoms with Crippen LogP contribution in [0.15, 0.2) is 24.3 Å². The zero-order valence-electron chi connectivity index (χ0n) is 9.10. The van der Waals surface area contributed by atoms with Crippen molar-refractivity contribution in [1.82, 2.24) is 4.90 Å². The summed E-state index contributed by atoms with van der Waals surface area (Å²) in [7, 11) is 0. The van der Waals surface area contributed by atoms with Gasteiger partial charge in [0, 0.05) is 31.1 Å². The van der Waals surface area contributed by atoms with Gasteiger partial charge in [0.25, 0.3) is 0 Å². The van der Waals surface area contributed by atoms with Crippen molar-refractivity contribution in [3.63, 3.8) is 0 Å². The first-order valence-electron chi connectivity index (χ1n) is 5.49. The molecule has 0 aromatic heterocycles. The second-order valence-corrected chi connectivity index (χ2v) is 5.21. The summed E-state index contributed by atoms with van der Waals surface area (Å²) in [6.07, 6.45) is -0.510. The molecule has 88 valence electrons. The van der Waals surface area contributed by atoms with Crippen LogP contribution in [0.5, 0.6) is 0 Å². The first-order chi connectivity index (χ1) is 7.75. The van der Waals surface area contributed by atoms with Gasteiger partial charge in [-0.25, -0.2) is 4.39 Å². The summed E-state index contributed by atoms with van der Waals surface area (Å²) in [5.41, 5.74) is 0.791. The maximum atomic E-state index is 12.7. The van der Waals surface area contributed by atoms with E-state index in [0.29, 0.717) is 6.54 Å². The molecule has 0 radical (unpaired) electrons. The standard InChI is InChI=1S/C12H16FNOS/c13-11-3-1-10(2-4-11)12(15)9-14-5-7-16-8-6-14/h1-4,12,15H,5-9H2. The van der Waals surface area contributed by atoms with E-state index in [1.54, 1.807) is 12.1 Å². The molecular formula is C12H16FNOS. The molecule has 1 saturated heterocycles. The minimum Gasteiger partial charge on any atom is -0.387 e. The zero-order valence-corrected chi connectivity index (χ0v) is 9.92. The highest BCUT2D eigenvalue weighted by atomic mass is 32.2. The van der Waals surface area contributed by atoms with E-state index < -0.39 is 6.10 Å². The molecule has 1 heterocycles. The predicted octanol–water partition coefficient (Wildman–Crippen LogP) is 1.91. The number of nitrogens with zero attached hydrogens (tertiary/aromatic N) is 1.